The van der Waals surface area contributed by atoms with E-state index in [0.29, 0.717) is 0 Å². The average Bonchev–Trinajstić information content (AvgIpc) is 2.88. The van der Waals surface area contributed by atoms with Crippen molar-refractivity contribution >= 4 is 11.0 Å². The van der Waals surface area contributed by atoms with Gasteiger partial charge >= 0.3 is 0 Å². The van der Waals surface area contributed by atoms with Gasteiger partial charge in [0.2, 0.25) is 0 Å². The van der Waals surface area contributed by atoms with Crippen LogP contribution >= 0.6 is 0 Å². The van der Waals surface area contributed by atoms with Crippen molar-refractivity contribution < 1.29 is 0 Å². The van der Waals surface area contributed by atoms with Gasteiger partial charge < -0.3 is 4.98 Å². The van der Waals surface area contributed by atoms with Gasteiger partial charge in [0.1, 0.15) is 5.82 Å². The number of hydrogen-bond donors (Lipinski definition) is 1. The van der Waals surface area contributed by atoms with Gasteiger partial charge in [0, 0.05) is 6.42 Å². The number of nitrogens with zero attached hydrogens (tertiary/aromatic N) is 1. The Morgan fingerprint density at radius 3 is 2.48 bits per heavy atom. The summed E-state index contributed by atoms with van der Waals surface area (Å²) in [5.41, 5.74) is 7.77. The molecule has 0 aliphatic rings. The molecule has 0 bridgehead atoms. The van der Waals surface area contributed by atoms with Gasteiger partial charge in [-0.15, -0.1) is 0 Å². The molecular weight excluding hydrogens is 256 g/mol. The summed E-state index contributed by atoms with van der Waals surface area (Å²) >= 11 is 0. The molecule has 0 saturated carbocycles. The minimum atomic E-state index is 1.00. The SMILES string of the molecule is Cc1cccc(CCCc2nc3c(C)cccc3[nH]2)c1C. The highest BCUT2D eigenvalue weighted by molar-refractivity contribution is 5.78. The third-order valence-electron chi connectivity index (χ3n) is 4.34. The molecule has 0 aliphatic heterocycles. The fraction of sp³-hybridized carbons (Fsp3) is 0.316. The lowest BCUT2D eigenvalue weighted by molar-refractivity contribution is 0.781. The molecule has 2 aromatic carbocycles. The van der Waals surface area contributed by atoms with E-state index in [1.54, 1.807) is 0 Å². The first-order chi connectivity index (χ1) is 10.1. The van der Waals surface area contributed by atoms with Gasteiger partial charge in [-0.3, -0.25) is 0 Å². The Morgan fingerprint density at radius 1 is 0.905 bits per heavy atom. The molecule has 0 fully saturated rings. The molecule has 1 aromatic heterocycles. The molecule has 0 saturated heterocycles. The van der Waals surface area contributed by atoms with Crippen LogP contribution in [-0.4, -0.2) is 9.97 Å². The number of H-pyrrole nitrogens is 1. The quantitative estimate of drug-likeness (QED) is 0.738. The Hall–Kier alpha value is -2.09. The zero-order chi connectivity index (χ0) is 14.8. The molecule has 0 spiro atoms. The number of fused-ring (bicyclic) bond motifs is 1. The maximum atomic E-state index is 4.73. The van der Waals surface area contributed by atoms with Crippen molar-refractivity contribution in [3.63, 3.8) is 0 Å². The Kier molecular flexibility index (Phi) is 3.78. The van der Waals surface area contributed by atoms with Crippen LogP contribution in [-0.2, 0) is 12.8 Å². The van der Waals surface area contributed by atoms with Gasteiger partial charge in [-0.2, -0.15) is 0 Å². The summed E-state index contributed by atoms with van der Waals surface area (Å²) < 4.78 is 0. The van der Waals surface area contributed by atoms with E-state index in [1.807, 2.05) is 0 Å². The largest absolute Gasteiger partial charge is 0.342 e. The predicted octanol–water partition coefficient (Wildman–Crippen LogP) is 4.66. The maximum absolute atomic E-state index is 4.73. The molecule has 1 heterocycles. The normalized spacial score (nSPS) is 11.2. The Balaban J connectivity index is 1.69. The first-order valence-electron chi connectivity index (χ1n) is 7.64. The minimum absolute atomic E-state index is 1.00. The maximum Gasteiger partial charge on any atom is 0.107 e. The summed E-state index contributed by atoms with van der Waals surface area (Å²) in [6.45, 7) is 6.51. The highest BCUT2D eigenvalue weighted by Gasteiger charge is 2.06. The van der Waals surface area contributed by atoms with Crippen LogP contribution in [0.4, 0.5) is 0 Å². The lowest BCUT2D eigenvalue weighted by Gasteiger charge is -2.07. The molecule has 0 amide bonds. The summed E-state index contributed by atoms with van der Waals surface area (Å²) in [4.78, 5) is 8.17. The first kappa shape index (κ1) is 13.9. The zero-order valence-corrected chi connectivity index (χ0v) is 13.0. The number of hydrogen-bond acceptors (Lipinski definition) is 1. The van der Waals surface area contributed by atoms with Crippen molar-refractivity contribution in [3.05, 3.63) is 64.5 Å². The minimum Gasteiger partial charge on any atom is -0.342 e. The van der Waals surface area contributed by atoms with E-state index < -0.39 is 0 Å². The third-order valence-corrected chi connectivity index (χ3v) is 4.34. The molecule has 0 atom stereocenters. The van der Waals surface area contributed by atoms with E-state index in [1.165, 1.54) is 22.3 Å². The topological polar surface area (TPSA) is 28.7 Å². The number of benzene rings is 2. The number of para-hydroxylation sites is 1. The van der Waals surface area contributed by atoms with Crippen LogP contribution in [0.5, 0.6) is 0 Å². The molecule has 108 valence electrons. The van der Waals surface area contributed by atoms with Crippen LogP contribution in [0, 0.1) is 20.8 Å². The van der Waals surface area contributed by atoms with E-state index in [0.717, 1.165) is 36.1 Å². The van der Waals surface area contributed by atoms with Crippen molar-refractivity contribution in [2.24, 2.45) is 0 Å². The summed E-state index contributed by atoms with van der Waals surface area (Å²) in [7, 11) is 0. The number of rotatable bonds is 4. The molecule has 2 nitrogen and oxygen atoms in total. The van der Waals surface area contributed by atoms with Crippen molar-refractivity contribution in [2.75, 3.05) is 0 Å². The highest BCUT2D eigenvalue weighted by atomic mass is 14.9. The number of imidazole rings is 1. The van der Waals surface area contributed by atoms with Crippen molar-refractivity contribution in [3.8, 4) is 0 Å². The Morgan fingerprint density at radius 2 is 1.67 bits per heavy atom. The predicted molar refractivity (Wildman–Crippen MR) is 88.8 cm³/mol. The molecule has 0 unspecified atom stereocenters. The van der Waals surface area contributed by atoms with Crippen LogP contribution in [0.1, 0.15) is 34.5 Å². The smallest absolute Gasteiger partial charge is 0.107 e. The fourth-order valence-corrected chi connectivity index (χ4v) is 2.87. The van der Waals surface area contributed by atoms with Crippen LogP contribution in [0.3, 0.4) is 0 Å². The lowest BCUT2D eigenvalue weighted by Crippen LogP contribution is -1.95. The van der Waals surface area contributed by atoms with E-state index in [4.69, 9.17) is 4.98 Å². The van der Waals surface area contributed by atoms with E-state index in [2.05, 4.69) is 62.2 Å². The van der Waals surface area contributed by atoms with Gasteiger partial charge in [0.25, 0.3) is 0 Å². The number of aromatic nitrogens is 2. The van der Waals surface area contributed by atoms with E-state index >= 15 is 0 Å². The molecule has 3 rings (SSSR count). The third kappa shape index (κ3) is 2.85. The van der Waals surface area contributed by atoms with Crippen LogP contribution in [0.15, 0.2) is 36.4 Å². The molecule has 0 radical (unpaired) electrons. The summed E-state index contributed by atoms with van der Waals surface area (Å²) in [6, 6.07) is 12.9. The number of nitrogens with one attached hydrogen (secondary N) is 1. The second kappa shape index (κ2) is 5.72. The standard InChI is InChI=1S/C19H22N2/c1-13-7-4-9-16(15(13)3)10-6-12-18-20-17-11-5-8-14(2)19(17)21-18/h4-5,7-9,11H,6,10,12H2,1-3H3,(H,20,21). The van der Waals surface area contributed by atoms with E-state index in [-0.39, 0.29) is 0 Å². The monoisotopic (exact) mass is 278 g/mol. The first-order valence-corrected chi connectivity index (χ1v) is 7.64. The van der Waals surface area contributed by atoms with Crippen molar-refractivity contribution in [2.45, 2.75) is 40.0 Å². The van der Waals surface area contributed by atoms with Crippen LogP contribution in [0.2, 0.25) is 0 Å². The van der Waals surface area contributed by atoms with Crippen molar-refractivity contribution in [1.29, 1.82) is 0 Å². The summed E-state index contributed by atoms with van der Waals surface area (Å²) in [5, 5.41) is 0. The van der Waals surface area contributed by atoms with Gasteiger partial charge in [-0.1, -0.05) is 30.3 Å². The molecule has 3 aromatic rings. The molecule has 1 N–H and O–H groups in total. The Labute approximate surface area is 126 Å². The zero-order valence-electron chi connectivity index (χ0n) is 13.0. The van der Waals surface area contributed by atoms with Gasteiger partial charge in [-0.05, 0) is 61.9 Å². The summed E-state index contributed by atoms with van der Waals surface area (Å²) in [5.74, 6) is 1.10. The number of aryl methyl sites for hydroxylation is 4. The second-order valence-corrected chi connectivity index (χ2v) is 5.87. The highest BCUT2D eigenvalue weighted by Crippen LogP contribution is 2.18. The number of aromatic amines is 1. The lowest BCUT2D eigenvalue weighted by atomic mass is 9.99. The van der Waals surface area contributed by atoms with Gasteiger partial charge in [0.15, 0.2) is 0 Å². The molecule has 2 heteroatoms. The molecule has 0 aliphatic carbocycles. The second-order valence-electron chi connectivity index (χ2n) is 5.87. The Bertz CT molecular complexity index is 768. The van der Waals surface area contributed by atoms with Crippen LogP contribution < -0.4 is 0 Å². The molecule has 21 heavy (non-hydrogen) atoms. The summed E-state index contributed by atoms with van der Waals surface area (Å²) in [6.07, 6.45) is 3.24. The van der Waals surface area contributed by atoms with Crippen molar-refractivity contribution in [1.82, 2.24) is 9.97 Å². The fourth-order valence-electron chi connectivity index (χ4n) is 2.87. The van der Waals surface area contributed by atoms with Gasteiger partial charge in [-0.25, -0.2) is 4.98 Å². The molecular formula is C19H22N2. The van der Waals surface area contributed by atoms with E-state index in [9.17, 15) is 0 Å². The van der Waals surface area contributed by atoms with Crippen LogP contribution in [0.25, 0.3) is 11.0 Å². The van der Waals surface area contributed by atoms with Gasteiger partial charge in [0.05, 0.1) is 11.0 Å². The average molecular weight is 278 g/mol.